The summed E-state index contributed by atoms with van der Waals surface area (Å²) in [6.45, 7) is 6.99. The Morgan fingerprint density at radius 2 is 1.85 bits per heavy atom. The second kappa shape index (κ2) is 6.81. The highest BCUT2D eigenvalue weighted by molar-refractivity contribution is 7.71. The molecule has 0 aliphatic heterocycles. The zero-order valence-corrected chi connectivity index (χ0v) is 13.7. The van der Waals surface area contributed by atoms with Gasteiger partial charge in [-0.05, 0) is 33.1 Å². The van der Waals surface area contributed by atoms with Crippen LogP contribution in [0.1, 0.15) is 69.5 Å². The molecule has 1 fully saturated rings. The number of aromatic nitrogens is 2. The first kappa shape index (κ1) is 15.6. The minimum atomic E-state index is -0.254. The van der Waals surface area contributed by atoms with E-state index in [4.69, 9.17) is 17.0 Å². The third-order valence-electron chi connectivity index (χ3n) is 4.37. The maximum atomic E-state index is 6.19. The number of H-pyrrole nitrogens is 1. The highest BCUT2D eigenvalue weighted by Gasteiger charge is 2.36. The SMILES string of the molecule is CCOC1(c2nc(=S)c(C)c(CC)[nH]2)CCCCCC1. The third kappa shape index (κ3) is 3.12. The Balaban J connectivity index is 2.48. The molecule has 1 saturated carbocycles. The van der Waals surface area contributed by atoms with Crippen molar-refractivity contribution in [2.45, 2.75) is 71.3 Å². The van der Waals surface area contributed by atoms with Crippen LogP contribution in [-0.4, -0.2) is 16.6 Å². The molecular formula is C16H26N2OS. The molecule has 0 bridgehead atoms. The van der Waals surface area contributed by atoms with Crippen molar-refractivity contribution in [1.29, 1.82) is 0 Å². The second-order valence-corrected chi connectivity index (χ2v) is 6.08. The van der Waals surface area contributed by atoms with Crippen LogP contribution in [0, 0.1) is 11.6 Å². The summed E-state index contributed by atoms with van der Waals surface area (Å²) in [5, 5.41) is 0. The lowest BCUT2D eigenvalue weighted by Gasteiger charge is -2.32. The van der Waals surface area contributed by atoms with E-state index in [1.807, 2.05) is 0 Å². The Kier molecular flexibility index (Phi) is 5.33. The van der Waals surface area contributed by atoms with Crippen molar-refractivity contribution in [2.24, 2.45) is 0 Å². The number of ether oxygens (including phenoxy) is 1. The average Bonchev–Trinajstić information content (AvgIpc) is 2.68. The first-order valence-electron chi connectivity index (χ1n) is 7.87. The predicted molar refractivity (Wildman–Crippen MR) is 84.5 cm³/mol. The molecule has 3 nitrogen and oxygen atoms in total. The van der Waals surface area contributed by atoms with Crippen molar-refractivity contribution >= 4 is 12.2 Å². The quantitative estimate of drug-likeness (QED) is 0.651. The van der Waals surface area contributed by atoms with Crippen molar-refractivity contribution in [3.05, 3.63) is 21.7 Å². The Morgan fingerprint density at radius 3 is 2.40 bits per heavy atom. The second-order valence-electron chi connectivity index (χ2n) is 5.69. The van der Waals surface area contributed by atoms with E-state index >= 15 is 0 Å². The van der Waals surface area contributed by atoms with Crippen LogP contribution in [0.2, 0.25) is 0 Å². The van der Waals surface area contributed by atoms with Gasteiger partial charge >= 0.3 is 0 Å². The number of nitrogens with one attached hydrogen (secondary N) is 1. The fourth-order valence-electron chi connectivity index (χ4n) is 3.17. The van der Waals surface area contributed by atoms with Gasteiger partial charge in [0.2, 0.25) is 0 Å². The first-order chi connectivity index (χ1) is 9.63. The summed E-state index contributed by atoms with van der Waals surface area (Å²) in [6.07, 6.45) is 8.04. The summed E-state index contributed by atoms with van der Waals surface area (Å²) < 4.78 is 6.91. The van der Waals surface area contributed by atoms with Crippen LogP contribution in [0.15, 0.2) is 0 Å². The maximum Gasteiger partial charge on any atom is 0.140 e. The molecule has 20 heavy (non-hydrogen) atoms. The highest BCUT2D eigenvalue weighted by Crippen LogP contribution is 2.38. The van der Waals surface area contributed by atoms with Crippen molar-refractivity contribution in [2.75, 3.05) is 6.61 Å². The minimum absolute atomic E-state index is 0.254. The lowest BCUT2D eigenvalue weighted by atomic mass is 9.92. The van der Waals surface area contributed by atoms with Crippen LogP contribution in [0.25, 0.3) is 0 Å². The van der Waals surface area contributed by atoms with E-state index in [9.17, 15) is 0 Å². The standard InChI is InChI=1S/C16H26N2OS/c1-4-13-12(3)14(20)18-15(17-13)16(19-5-2)10-8-6-7-9-11-16/h4-11H2,1-3H3,(H,17,18,20). The van der Waals surface area contributed by atoms with Gasteiger partial charge in [0, 0.05) is 17.9 Å². The van der Waals surface area contributed by atoms with Crippen molar-refractivity contribution in [3.8, 4) is 0 Å². The topological polar surface area (TPSA) is 37.9 Å². The Morgan fingerprint density at radius 1 is 1.20 bits per heavy atom. The summed E-state index contributed by atoms with van der Waals surface area (Å²) in [4.78, 5) is 8.20. The highest BCUT2D eigenvalue weighted by atomic mass is 32.1. The summed E-state index contributed by atoms with van der Waals surface area (Å²) in [5.41, 5.74) is 2.05. The molecule has 0 aromatic carbocycles. The van der Waals surface area contributed by atoms with Crippen LogP contribution in [-0.2, 0) is 16.8 Å². The molecule has 0 radical (unpaired) electrons. The van der Waals surface area contributed by atoms with Gasteiger partial charge in [-0.2, -0.15) is 0 Å². The number of hydrogen-bond acceptors (Lipinski definition) is 3. The van der Waals surface area contributed by atoms with Gasteiger partial charge in [-0.25, -0.2) is 4.98 Å². The number of aryl methyl sites for hydroxylation is 1. The maximum absolute atomic E-state index is 6.19. The molecule has 0 atom stereocenters. The normalized spacial score (nSPS) is 18.8. The molecule has 4 heteroatoms. The van der Waals surface area contributed by atoms with Gasteiger partial charge in [0.1, 0.15) is 16.1 Å². The Hall–Kier alpha value is -0.740. The molecule has 1 aromatic rings. The van der Waals surface area contributed by atoms with Gasteiger partial charge in [-0.3, -0.25) is 0 Å². The van der Waals surface area contributed by atoms with Crippen molar-refractivity contribution < 1.29 is 4.74 Å². The van der Waals surface area contributed by atoms with Gasteiger partial charge in [-0.1, -0.05) is 44.8 Å². The molecule has 1 aliphatic carbocycles. The van der Waals surface area contributed by atoms with Crippen LogP contribution < -0.4 is 0 Å². The van der Waals surface area contributed by atoms with Gasteiger partial charge in [0.05, 0.1) is 0 Å². The third-order valence-corrected chi connectivity index (χ3v) is 4.77. The molecular weight excluding hydrogens is 268 g/mol. The average molecular weight is 294 g/mol. The Labute approximate surface area is 127 Å². The molecule has 1 aliphatic rings. The van der Waals surface area contributed by atoms with Crippen LogP contribution in [0.5, 0.6) is 0 Å². The summed E-state index contributed by atoms with van der Waals surface area (Å²) in [6, 6.07) is 0. The number of rotatable bonds is 4. The van der Waals surface area contributed by atoms with E-state index in [1.165, 1.54) is 31.4 Å². The fraction of sp³-hybridized carbons (Fsp3) is 0.750. The zero-order valence-electron chi connectivity index (χ0n) is 12.9. The smallest absolute Gasteiger partial charge is 0.140 e. The molecule has 1 N–H and O–H groups in total. The largest absolute Gasteiger partial charge is 0.367 e. The number of hydrogen-bond donors (Lipinski definition) is 1. The summed E-state index contributed by atoms with van der Waals surface area (Å²) >= 11 is 5.44. The molecule has 0 saturated heterocycles. The molecule has 2 rings (SSSR count). The monoisotopic (exact) mass is 294 g/mol. The van der Waals surface area contributed by atoms with Gasteiger partial charge < -0.3 is 9.72 Å². The van der Waals surface area contributed by atoms with E-state index in [0.717, 1.165) is 41.9 Å². The first-order valence-corrected chi connectivity index (χ1v) is 8.28. The van der Waals surface area contributed by atoms with Gasteiger partial charge in [0.15, 0.2) is 0 Å². The van der Waals surface area contributed by atoms with E-state index in [1.54, 1.807) is 0 Å². The number of nitrogens with zero attached hydrogens (tertiary/aromatic N) is 1. The zero-order chi connectivity index (χ0) is 14.6. The predicted octanol–water partition coefficient (Wildman–Crippen LogP) is 4.60. The lowest BCUT2D eigenvalue weighted by molar-refractivity contribution is -0.0626. The van der Waals surface area contributed by atoms with Crippen LogP contribution >= 0.6 is 12.2 Å². The molecule has 0 spiro atoms. The molecule has 0 unspecified atom stereocenters. The molecule has 1 heterocycles. The number of aromatic amines is 1. The van der Waals surface area contributed by atoms with Gasteiger partial charge in [0.25, 0.3) is 0 Å². The molecule has 0 amide bonds. The van der Waals surface area contributed by atoms with E-state index in [-0.39, 0.29) is 5.60 Å². The molecule has 1 aromatic heterocycles. The summed E-state index contributed by atoms with van der Waals surface area (Å²) in [7, 11) is 0. The van der Waals surface area contributed by atoms with Gasteiger partial charge in [-0.15, -0.1) is 0 Å². The van der Waals surface area contributed by atoms with Crippen molar-refractivity contribution in [1.82, 2.24) is 9.97 Å². The van der Waals surface area contributed by atoms with E-state index < -0.39 is 0 Å². The fourth-order valence-corrected chi connectivity index (χ4v) is 3.39. The van der Waals surface area contributed by atoms with E-state index in [0.29, 0.717) is 0 Å². The van der Waals surface area contributed by atoms with E-state index in [2.05, 4.69) is 30.7 Å². The van der Waals surface area contributed by atoms with Crippen LogP contribution in [0.3, 0.4) is 0 Å². The summed E-state index contributed by atoms with van der Waals surface area (Å²) in [5.74, 6) is 0.953. The Bertz CT molecular complexity index is 502. The van der Waals surface area contributed by atoms with Crippen LogP contribution in [0.4, 0.5) is 0 Å². The molecule has 112 valence electrons. The van der Waals surface area contributed by atoms with Crippen molar-refractivity contribution in [3.63, 3.8) is 0 Å². The minimum Gasteiger partial charge on any atom is -0.367 e. The lowest BCUT2D eigenvalue weighted by Crippen LogP contribution is -2.32.